The number of carbonyl (C=O) groups excluding carboxylic acids is 2. The zero-order valence-electron chi connectivity index (χ0n) is 14.9. The fourth-order valence-electron chi connectivity index (χ4n) is 3.54. The van der Waals surface area contributed by atoms with Crippen LogP contribution >= 0.6 is 24.8 Å². The summed E-state index contributed by atoms with van der Waals surface area (Å²) in [4.78, 5) is 28.5. The van der Waals surface area contributed by atoms with Crippen LogP contribution in [-0.2, 0) is 19.1 Å². The minimum atomic E-state index is -0.420. The Labute approximate surface area is 166 Å². The Morgan fingerprint density at radius 2 is 1.92 bits per heavy atom. The summed E-state index contributed by atoms with van der Waals surface area (Å²) in [5.41, 5.74) is 5.57. The van der Waals surface area contributed by atoms with Crippen molar-refractivity contribution in [2.75, 3.05) is 52.5 Å². The Bertz CT molecular complexity index is 466. The van der Waals surface area contributed by atoms with Crippen LogP contribution in [0.15, 0.2) is 0 Å². The Morgan fingerprint density at radius 1 is 1.19 bits per heavy atom. The lowest BCUT2D eigenvalue weighted by Gasteiger charge is -2.28. The van der Waals surface area contributed by atoms with E-state index in [1.807, 2.05) is 4.90 Å². The van der Waals surface area contributed by atoms with E-state index in [0.717, 1.165) is 39.3 Å². The number of nitrogens with two attached hydrogens (primary N) is 1. The highest BCUT2D eigenvalue weighted by molar-refractivity contribution is 5.86. The van der Waals surface area contributed by atoms with Crippen LogP contribution in [0.5, 0.6) is 0 Å². The van der Waals surface area contributed by atoms with E-state index in [1.54, 1.807) is 0 Å². The first-order chi connectivity index (χ1) is 11.7. The molecular weight excluding hydrogens is 383 g/mol. The van der Waals surface area contributed by atoms with Crippen molar-refractivity contribution >= 4 is 36.6 Å². The average Bonchev–Trinajstić information content (AvgIpc) is 3.20. The van der Waals surface area contributed by atoms with Gasteiger partial charge in [0.2, 0.25) is 11.8 Å². The van der Waals surface area contributed by atoms with Gasteiger partial charge in [0.05, 0.1) is 25.4 Å². The van der Waals surface area contributed by atoms with Crippen molar-refractivity contribution in [2.45, 2.75) is 37.5 Å². The third-order valence-corrected chi connectivity index (χ3v) is 5.01. The predicted octanol–water partition coefficient (Wildman–Crippen LogP) is -0.614. The number of halogens is 2. The van der Waals surface area contributed by atoms with Gasteiger partial charge in [-0.2, -0.15) is 0 Å². The topological polar surface area (TPSA) is 97.1 Å². The number of amides is 2. The first kappa shape index (κ1) is 23.4. The molecule has 0 saturated carbocycles. The largest absolute Gasteiger partial charge is 0.379 e. The van der Waals surface area contributed by atoms with Crippen LogP contribution in [0.25, 0.3) is 0 Å². The maximum absolute atomic E-state index is 12.3. The summed E-state index contributed by atoms with van der Waals surface area (Å²) in [5.74, 6) is -0.000450. The van der Waals surface area contributed by atoms with Crippen LogP contribution in [0.3, 0.4) is 0 Å². The second-order valence-corrected chi connectivity index (χ2v) is 6.76. The fourth-order valence-corrected chi connectivity index (χ4v) is 3.54. The van der Waals surface area contributed by atoms with Crippen molar-refractivity contribution in [3.63, 3.8) is 0 Å². The van der Waals surface area contributed by atoms with Gasteiger partial charge < -0.3 is 25.4 Å². The molecule has 3 aliphatic heterocycles. The summed E-state index contributed by atoms with van der Waals surface area (Å²) in [5, 5.41) is 2.96. The minimum absolute atomic E-state index is 0. The number of hydrogen-bond acceptors (Lipinski definition) is 6. The minimum Gasteiger partial charge on any atom is -0.379 e. The number of morpholine rings is 1. The van der Waals surface area contributed by atoms with E-state index in [9.17, 15) is 9.59 Å². The molecule has 3 fully saturated rings. The van der Waals surface area contributed by atoms with Gasteiger partial charge in [0.25, 0.3) is 0 Å². The molecule has 0 radical (unpaired) electrons. The molecule has 3 heterocycles. The summed E-state index contributed by atoms with van der Waals surface area (Å²) in [6.07, 6.45) is 1.47. The number of nitrogens with zero attached hydrogens (tertiary/aromatic N) is 2. The molecule has 3 saturated heterocycles. The molecule has 0 aromatic carbocycles. The van der Waals surface area contributed by atoms with Crippen LogP contribution in [0.4, 0.5) is 0 Å². The number of likely N-dealkylation sites (tertiary alicyclic amines) is 1. The SMILES string of the molecule is Cl.Cl.NC[C@H]1CC[C@@H](C(=O)NC2CC(=O)N(CCN3CCOCC3)C2)O1. The van der Waals surface area contributed by atoms with Crippen molar-refractivity contribution in [1.82, 2.24) is 15.1 Å². The number of ether oxygens (including phenoxy) is 2. The average molecular weight is 413 g/mol. The van der Waals surface area contributed by atoms with E-state index in [1.165, 1.54) is 0 Å². The van der Waals surface area contributed by atoms with Gasteiger partial charge in [-0.1, -0.05) is 0 Å². The highest BCUT2D eigenvalue weighted by Crippen LogP contribution is 2.20. The molecule has 3 aliphatic rings. The molecule has 0 aromatic heterocycles. The van der Waals surface area contributed by atoms with Crippen molar-refractivity contribution < 1.29 is 19.1 Å². The van der Waals surface area contributed by atoms with Gasteiger partial charge in [-0.05, 0) is 12.8 Å². The molecule has 3 atom stereocenters. The highest BCUT2D eigenvalue weighted by Gasteiger charge is 2.35. The first-order valence-corrected chi connectivity index (χ1v) is 8.89. The number of carbonyl (C=O) groups is 2. The normalized spacial score (nSPS) is 29.2. The van der Waals surface area contributed by atoms with E-state index >= 15 is 0 Å². The molecule has 0 aromatic rings. The monoisotopic (exact) mass is 412 g/mol. The molecule has 1 unspecified atom stereocenters. The molecule has 152 valence electrons. The number of nitrogens with one attached hydrogen (secondary N) is 1. The van der Waals surface area contributed by atoms with Gasteiger partial charge in [0, 0.05) is 45.7 Å². The molecule has 26 heavy (non-hydrogen) atoms. The van der Waals surface area contributed by atoms with Gasteiger partial charge in [0.1, 0.15) is 6.10 Å². The third-order valence-electron chi connectivity index (χ3n) is 5.01. The number of rotatable bonds is 6. The molecule has 10 heteroatoms. The third kappa shape index (κ3) is 6.21. The summed E-state index contributed by atoms with van der Waals surface area (Å²) in [7, 11) is 0. The molecule has 2 amide bonds. The van der Waals surface area contributed by atoms with Crippen LogP contribution in [0.1, 0.15) is 19.3 Å². The molecule has 0 spiro atoms. The quantitative estimate of drug-likeness (QED) is 0.603. The zero-order valence-corrected chi connectivity index (χ0v) is 16.6. The van der Waals surface area contributed by atoms with E-state index in [4.69, 9.17) is 15.2 Å². The summed E-state index contributed by atoms with van der Waals surface area (Å²) >= 11 is 0. The van der Waals surface area contributed by atoms with E-state index in [0.29, 0.717) is 32.5 Å². The Hall–Kier alpha value is -0.640. The van der Waals surface area contributed by atoms with Gasteiger partial charge in [-0.25, -0.2) is 0 Å². The lowest BCUT2D eigenvalue weighted by atomic mass is 10.1. The predicted molar refractivity (Wildman–Crippen MR) is 102 cm³/mol. The summed E-state index contributed by atoms with van der Waals surface area (Å²) in [6, 6.07) is -0.116. The molecule has 0 bridgehead atoms. The van der Waals surface area contributed by atoms with Crippen molar-refractivity contribution in [1.29, 1.82) is 0 Å². The van der Waals surface area contributed by atoms with Gasteiger partial charge in [0.15, 0.2) is 0 Å². The first-order valence-electron chi connectivity index (χ1n) is 8.89. The highest BCUT2D eigenvalue weighted by atomic mass is 35.5. The van der Waals surface area contributed by atoms with Crippen molar-refractivity contribution in [3.05, 3.63) is 0 Å². The molecular formula is C16H30Cl2N4O4. The van der Waals surface area contributed by atoms with Gasteiger partial charge in [-0.15, -0.1) is 24.8 Å². The van der Waals surface area contributed by atoms with Crippen LogP contribution in [0, 0.1) is 0 Å². The van der Waals surface area contributed by atoms with E-state index < -0.39 is 6.10 Å². The lowest BCUT2D eigenvalue weighted by molar-refractivity contribution is -0.132. The van der Waals surface area contributed by atoms with Crippen molar-refractivity contribution in [2.24, 2.45) is 5.73 Å². The standard InChI is InChI=1S/C16H28N4O4.2ClH/c17-10-13-1-2-14(24-13)16(22)18-12-9-15(21)20(11-12)4-3-19-5-7-23-8-6-19;;/h12-14H,1-11,17H2,(H,18,22);2*1H/t12?,13-,14+;;/m1../s1. The number of hydrogen-bond donors (Lipinski definition) is 2. The second kappa shape index (κ2) is 11.3. The van der Waals surface area contributed by atoms with Crippen LogP contribution in [0.2, 0.25) is 0 Å². The van der Waals surface area contributed by atoms with Crippen LogP contribution < -0.4 is 11.1 Å². The maximum atomic E-state index is 12.3. The Balaban J connectivity index is 0.00000169. The zero-order chi connectivity index (χ0) is 16.9. The maximum Gasteiger partial charge on any atom is 0.249 e. The molecule has 0 aliphatic carbocycles. The van der Waals surface area contributed by atoms with Gasteiger partial charge >= 0.3 is 0 Å². The summed E-state index contributed by atoms with van der Waals surface area (Å²) in [6.45, 7) is 5.96. The lowest BCUT2D eigenvalue weighted by Crippen LogP contribution is -2.44. The van der Waals surface area contributed by atoms with E-state index in [-0.39, 0.29) is 48.8 Å². The smallest absolute Gasteiger partial charge is 0.249 e. The molecule has 8 nitrogen and oxygen atoms in total. The van der Waals surface area contributed by atoms with Crippen molar-refractivity contribution in [3.8, 4) is 0 Å². The fraction of sp³-hybridized carbons (Fsp3) is 0.875. The Kier molecular flexibility index (Phi) is 10.1. The molecule has 3 rings (SSSR count). The van der Waals surface area contributed by atoms with Crippen LogP contribution in [-0.4, -0.2) is 92.3 Å². The second-order valence-electron chi connectivity index (χ2n) is 6.76. The summed E-state index contributed by atoms with van der Waals surface area (Å²) < 4.78 is 10.9. The molecule has 3 N–H and O–H groups in total. The Morgan fingerprint density at radius 3 is 2.58 bits per heavy atom. The van der Waals surface area contributed by atoms with Gasteiger partial charge in [-0.3, -0.25) is 14.5 Å². The van der Waals surface area contributed by atoms with E-state index in [2.05, 4.69) is 10.2 Å².